The fourth-order valence-corrected chi connectivity index (χ4v) is 3.64. The number of carbonyl (C=O) groups is 1. The summed E-state index contributed by atoms with van der Waals surface area (Å²) in [4.78, 5) is 12.2. The van der Waals surface area contributed by atoms with Gasteiger partial charge in [-0.3, -0.25) is 4.79 Å². The van der Waals surface area contributed by atoms with Crippen molar-refractivity contribution in [3.63, 3.8) is 0 Å². The van der Waals surface area contributed by atoms with Gasteiger partial charge in [-0.2, -0.15) is 0 Å². The first-order chi connectivity index (χ1) is 16.6. The highest BCUT2D eigenvalue weighted by Gasteiger charge is 2.34. The summed E-state index contributed by atoms with van der Waals surface area (Å²) in [6, 6.07) is 0. The molecule has 5 N–H and O–H groups in total. The molecule has 0 heterocycles. The van der Waals surface area contributed by atoms with Crippen molar-refractivity contribution in [2.45, 2.75) is 79.1 Å². The Hall–Kier alpha value is -1.03. The zero-order chi connectivity index (χ0) is 26.7. The summed E-state index contributed by atoms with van der Waals surface area (Å²) in [5.41, 5.74) is -1.16. The van der Waals surface area contributed by atoms with Crippen LogP contribution in [0.4, 0.5) is 0 Å². The number of aliphatic hydroxyl groups is 5. The van der Waals surface area contributed by atoms with Crippen molar-refractivity contribution in [2.24, 2.45) is 22.7 Å². The molecule has 35 heavy (non-hydrogen) atoms. The first kappa shape index (κ1) is 34.0. The number of ether oxygens (including phenoxy) is 2. The van der Waals surface area contributed by atoms with E-state index in [9.17, 15) is 30.3 Å². The molecular formula is C27H52O8. The van der Waals surface area contributed by atoms with Crippen molar-refractivity contribution in [3.05, 3.63) is 11.6 Å². The Balaban J connectivity index is 4.34. The van der Waals surface area contributed by atoms with Gasteiger partial charge in [0.2, 0.25) is 0 Å². The monoisotopic (exact) mass is 504 g/mol. The molecule has 0 radical (unpaired) electrons. The minimum Gasteiger partial charge on any atom is -0.465 e. The standard InChI is InChI=1S/C27H52O8/c1-22(2)8-5-9-23(3)10-6-11-24(4)12-7-13-25(33)35-21-27(17-31,18-32)20-34-19-26(14-28,15-29)16-30/h12,22-23,28-32H,5-11,13-21H2,1-4H3. The molecule has 0 aliphatic rings. The van der Waals surface area contributed by atoms with Crippen molar-refractivity contribution in [1.82, 2.24) is 0 Å². The molecule has 1 unspecified atom stereocenters. The van der Waals surface area contributed by atoms with Gasteiger partial charge in [-0.25, -0.2) is 0 Å². The predicted molar refractivity (Wildman–Crippen MR) is 137 cm³/mol. The van der Waals surface area contributed by atoms with E-state index in [0.717, 1.165) is 24.7 Å². The zero-order valence-electron chi connectivity index (χ0n) is 22.5. The molecule has 0 aromatic carbocycles. The minimum atomic E-state index is -1.22. The van der Waals surface area contributed by atoms with Gasteiger partial charge in [-0.1, -0.05) is 58.1 Å². The lowest BCUT2D eigenvalue weighted by molar-refractivity contribution is -0.154. The van der Waals surface area contributed by atoms with E-state index in [1.807, 2.05) is 0 Å². The lowest BCUT2D eigenvalue weighted by Crippen LogP contribution is -2.44. The molecule has 0 spiro atoms. The second kappa shape index (κ2) is 19.1. The number of carbonyl (C=O) groups excluding carboxylic acids is 1. The summed E-state index contributed by atoms with van der Waals surface area (Å²) < 4.78 is 10.7. The Labute approximate surface area is 212 Å². The highest BCUT2D eigenvalue weighted by molar-refractivity contribution is 5.69. The Morgan fingerprint density at radius 1 is 0.771 bits per heavy atom. The van der Waals surface area contributed by atoms with Crippen LogP contribution in [0.5, 0.6) is 0 Å². The Kier molecular flexibility index (Phi) is 18.6. The van der Waals surface area contributed by atoms with Crippen molar-refractivity contribution in [2.75, 3.05) is 52.9 Å². The highest BCUT2D eigenvalue weighted by atomic mass is 16.5. The van der Waals surface area contributed by atoms with E-state index in [4.69, 9.17) is 9.47 Å². The van der Waals surface area contributed by atoms with Crippen LogP contribution in [0, 0.1) is 22.7 Å². The fraction of sp³-hybridized carbons (Fsp3) is 0.889. The maximum absolute atomic E-state index is 12.2. The molecule has 0 rings (SSSR count). The SMILES string of the molecule is CC(=CCCC(=O)OCC(CO)(CO)COCC(CO)(CO)CO)CCCC(C)CCCC(C)C. The van der Waals surface area contributed by atoms with Crippen LogP contribution in [0.3, 0.4) is 0 Å². The average molecular weight is 505 g/mol. The van der Waals surface area contributed by atoms with Crippen molar-refractivity contribution in [1.29, 1.82) is 0 Å². The van der Waals surface area contributed by atoms with Crippen molar-refractivity contribution >= 4 is 5.97 Å². The van der Waals surface area contributed by atoms with Crippen molar-refractivity contribution in [3.8, 4) is 0 Å². The molecule has 1 atom stereocenters. The molecule has 0 saturated heterocycles. The van der Waals surface area contributed by atoms with E-state index < -0.39 is 49.8 Å². The predicted octanol–water partition coefficient (Wildman–Crippen LogP) is 2.84. The topological polar surface area (TPSA) is 137 Å². The van der Waals surface area contributed by atoms with Crippen LogP contribution >= 0.6 is 0 Å². The number of aliphatic hydroxyl groups excluding tert-OH is 5. The molecule has 208 valence electrons. The largest absolute Gasteiger partial charge is 0.465 e. The smallest absolute Gasteiger partial charge is 0.306 e. The average Bonchev–Trinajstić information content (AvgIpc) is 2.84. The molecule has 0 aromatic heterocycles. The Morgan fingerprint density at radius 2 is 1.31 bits per heavy atom. The number of hydrogen-bond donors (Lipinski definition) is 5. The van der Waals surface area contributed by atoms with Gasteiger partial charge in [0.1, 0.15) is 6.61 Å². The molecule has 0 aliphatic heterocycles. The van der Waals surface area contributed by atoms with Gasteiger partial charge in [0.05, 0.1) is 57.1 Å². The van der Waals surface area contributed by atoms with E-state index >= 15 is 0 Å². The second-order valence-corrected chi connectivity index (χ2v) is 10.9. The number of rotatable bonds is 22. The first-order valence-electron chi connectivity index (χ1n) is 13.0. The summed E-state index contributed by atoms with van der Waals surface area (Å²) in [6.07, 6.45) is 10.1. The van der Waals surface area contributed by atoms with E-state index in [-0.39, 0.29) is 26.2 Å². The summed E-state index contributed by atoms with van der Waals surface area (Å²) in [5, 5.41) is 47.6. The molecule has 0 aromatic rings. The van der Waals surface area contributed by atoms with Crippen LogP contribution in [0.1, 0.15) is 79.1 Å². The second-order valence-electron chi connectivity index (χ2n) is 10.9. The number of hydrogen-bond acceptors (Lipinski definition) is 8. The Morgan fingerprint density at radius 3 is 1.86 bits per heavy atom. The van der Waals surface area contributed by atoms with E-state index in [1.165, 1.54) is 31.3 Å². The minimum absolute atomic E-state index is 0.163. The third kappa shape index (κ3) is 15.0. The van der Waals surface area contributed by atoms with Crippen LogP contribution in [0.2, 0.25) is 0 Å². The lowest BCUT2D eigenvalue weighted by Gasteiger charge is -2.32. The third-order valence-electron chi connectivity index (χ3n) is 6.62. The van der Waals surface area contributed by atoms with Crippen molar-refractivity contribution < 1.29 is 39.8 Å². The first-order valence-corrected chi connectivity index (χ1v) is 13.0. The quantitative estimate of drug-likeness (QED) is 0.112. The van der Waals surface area contributed by atoms with Gasteiger partial charge >= 0.3 is 5.97 Å². The normalized spacial score (nSPS) is 13.9. The van der Waals surface area contributed by atoms with Crippen LogP contribution in [0.25, 0.3) is 0 Å². The van der Waals surface area contributed by atoms with Crippen LogP contribution in [-0.2, 0) is 14.3 Å². The maximum Gasteiger partial charge on any atom is 0.306 e. The van der Waals surface area contributed by atoms with Gasteiger partial charge < -0.3 is 35.0 Å². The molecule has 0 amide bonds. The number of esters is 1. The summed E-state index contributed by atoms with van der Waals surface area (Å²) >= 11 is 0. The summed E-state index contributed by atoms with van der Waals surface area (Å²) in [5.74, 6) is 1.09. The molecule has 0 aliphatic carbocycles. The van der Waals surface area contributed by atoms with E-state index in [0.29, 0.717) is 6.42 Å². The third-order valence-corrected chi connectivity index (χ3v) is 6.62. The van der Waals surface area contributed by atoms with E-state index in [1.54, 1.807) is 0 Å². The zero-order valence-corrected chi connectivity index (χ0v) is 22.5. The van der Waals surface area contributed by atoms with Gasteiger partial charge in [0.25, 0.3) is 0 Å². The number of allylic oxidation sites excluding steroid dienone is 2. The van der Waals surface area contributed by atoms with Crippen LogP contribution in [0.15, 0.2) is 11.6 Å². The van der Waals surface area contributed by atoms with Gasteiger partial charge in [-0.05, 0) is 38.0 Å². The summed E-state index contributed by atoms with van der Waals surface area (Å²) in [7, 11) is 0. The molecular weight excluding hydrogens is 452 g/mol. The van der Waals surface area contributed by atoms with Gasteiger partial charge in [0.15, 0.2) is 0 Å². The molecule has 0 saturated carbocycles. The van der Waals surface area contributed by atoms with E-state index in [2.05, 4.69) is 33.8 Å². The molecule has 8 nitrogen and oxygen atoms in total. The Bertz CT molecular complexity index is 559. The van der Waals surface area contributed by atoms with Gasteiger partial charge in [-0.15, -0.1) is 0 Å². The highest BCUT2D eigenvalue weighted by Crippen LogP contribution is 2.22. The maximum atomic E-state index is 12.2. The fourth-order valence-electron chi connectivity index (χ4n) is 3.64. The molecule has 8 heteroatoms. The van der Waals surface area contributed by atoms with Crippen LogP contribution in [-0.4, -0.2) is 84.4 Å². The summed E-state index contributed by atoms with van der Waals surface area (Å²) in [6.45, 7) is 5.98. The lowest BCUT2D eigenvalue weighted by atomic mass is 9.90. The molecule has 0 fully saturated rings. The van der Waals surface area contributed by atoms with Gasteiger partial charge in [0, 0.05) is 6.42 Å². The van der Waals surface area contributed by atoms with Crippen LogP contribution < -0.4 is 0 Å². The molecule has 0 bridgehead atoms.